The van der Waals surface area contributed by atoms with Gasteiger partial charge in [0.05, 0.1) is 18.1 Å². The SMILES string of the molecule is CC(=O)SCC(C(N)=O)N(CCN1CCOCC1)S(=O)(=O)c1ccc(Sc2ccccc2)cc1. The molecule has 1 atom stereocenters. The molecule has 34 heavy (non-hydrogen) atoms. The smallest absolute Gasteiger partial charge is 0.243 e. The molecule has 2 aromatic carbocycles. The molecule has 8 nitrogen and oxygen atoms in total. The van der Waals surface area contributed by atoms with E-state index in [-0.39, 0.29) is 22.3 Å². The molecule has 1 saturated heterocycles. The average Bonchev–Trinajstić information content (AvgIpc) is 2.82. The summed E-state index contributed by atoms with van der Waals surface area (Å²) in [6.45, 7) is 4.40. The number of sulfonamides is 1. The van der Waals surface area contributed by atoms with Crippen LogP contribution in [0.25, 0.3) is 0 Å². The predicted molar refractivity (Wildman–Crippen MR) is 134 cm³/mol. The molecular weight excluding hydrogens is 494 g/mol. The fraction of sp³-hybridized carbons (Fsp3) is 0.391. The maximum atomic E-state index is 13.6. The van der Waals surface area contributed by atoms with Gasteiger partial charge in [0, 0.05) is 48.6 Å². The van der Waals surface area contributed by atoms with E-state index >= 15 is 0 Å². The zero-order valence-corrected chi connectivity index (χ0v) is 21.4. The summed E-state index contributed by atoms with van der Waals surface area (Å²) in [5.41, 5.74) is 5.61. The number of benzene rings is 2. The first kappa shape index (κ1) is 26.7. The van der Waals surface area contributed by atoms with E-state index < -0.39 is 22.0 Å². The van der Waals surface area contributed by atoms with E-state index in [0.717, 1.165) is 25.9 Å². The van der Waals surface area contributed by atoms with Crippen LogP contribution < -0.4 is 5.73 Å². The number of carbonyl (C=O) groups excluding carboxylic acids is 2. The van der Waals surface area contributed by atoms with Gasteiger partial charge in [-0.1, -0.05) is 41.7 Å². The van der Waals surface area contributed by atoms with E-state index in [9.17, 15) is 18.0 Å². The van der Waals surface area contributed by atoms with Crippen LogP contribution in [0.2, 0.25) is 0 Å². The van der Waals surface area contributed by atoms with E-state index in [1.54, 1.807) is 24.3 Å². The van der Waals surface area contributed by atoms with E-state index in [0.29, 0.717) is 32.8 Å². The third-order valence-electron chi connectivity index (χ3n) is 5.27. The van der Waals surface area contributed by atoms with E-state index in [1.807, 2.05) is 30.3 Å². The van der Waals surface area contributed by atoms with Crippen LogP contribution in [0, 0.1) is 0 Å². The van der Waals surface area contributed by atoms with Gasteiger partial charge in [-0.2, -0.15) is 4.31 Å². The Morgan fingerprint density at radius 3 is 2.26 bits per heavy atom. The molecule has 1 aliphatic rings. The maximum absolute atomic E-state index is 13.6. The zero-order chi connectivity index (χ0) is 24.6. The van der Waals surface area contributed by atoms with Gasteiger partial charge < -0.3 is 10.5 Å². The summed E-state index contributed by atoms with van der Waals surface area (Å²) in [5, 5.41) is -0.209. The minimum atomic E-state index is -4.04. The third kappa shape index (κ3) is 7.56. The summed E-state index contributed by atoms with van der Waals surface area (Å²) in [6, 6.07) is 15.2. The Hall–Kier alpha value is -1.89. The number of hydrogen-bond donors (Lipinski definition) is 1. The Kier molecular flexibility index (Phi) is 9.98. The fourth-order valence-corrected chi connectivity index (χ4v) is 6.71. The van der Waals surface area contributed by atoms with Crippen LogP contribution in [0.1, 0.15) is 6.92 Å². The van der Waals surface area contributed by atoms with Gasteiger partial charge in [0.15, 0.2) is 5.12 Å². The van der Waals surface area contributed by atoms with Crippen molar-refractivity contribution in [3.8, 4) is 0 Å². The Balaban J connectivity index is 1.83. The van der Waals surface area contributed by atoms with Crippen LogP contribution in [0.15, 0.2) is 69.3 Å². The van der Waals surface area contributed by atoms with Gasteiger partial charge >= 0.3 is 0 Å². The van der Waals surface area contributed by atoms with Crippen molar-refractivity contribution in [2.45, 2.75) is 27.7 Å². The molecule has 1 fully saturated rings. The molecule has 0 spiro atoms. The minimum Gasteiger partial charge on any atom is -0.379 e. The molecule has 11 heteroatoms. The second-order valence-corrected chi connectivity index (χ2v) is 11.9. The number of amides is 1. The Morgan fingerprint density at radius 1 is 1.06 bits per heavy atom. The molecular formula is C23H29N3O5S3. The van der Waals surface area contributed by atoms with E-state index in [1.165, 1.54) is 18.7 Å². The van der Waals surface area contributed by atoms with Gasteiger partial charge in [0.1, 0.15) is 6.04 Å². The Morgan fingerprint density at radius 2 is 1.68 bits per heavy atom. The molecule has 1 amide bonds. The van der Waals surface area contributed by atoms with Crippen molar-refractivity contribution < 1.29 is 22.7 Å². The Bertz CT molecular complexity index is 1060. The van der Waals surface area contributed by atoms with Crippen molar-refractivity contribution in [1.29, 1.82) is 0 Å². The summed E-state index contributed by atoms with van der Waals surface area (Å²) in [4.78, 5) is 27.9. The lowest BCUT2D eigenvalue weighted by Gasteiger charge is -2.32. The molecule has 1 unspecified atom stereocenters. The number of nitrogens with two attached hydrogens (primary N) is 1. The van der Waals surface area contributed by atoms with Crippen LogP contribution in [0.4, 0.5) is 0 Å². The van der Waals surface area contributed by atoms with E-state index in [2.05, 4.69) is 4.90 Å². The lowest BCUT2D eigenvalue weighted by atomic mass is 10.3. The molecule has 0 radical (unpaired) electrons. The van der Waals surface area contributed by atoms with Crippen molar-refractivity contribution in [2.24, 2.45) is 5.73 Å². The van der Waals surface area contributed by atoms with Gasteiger partial charge in [-0.3, -0.25) is 14.5 Å². The lowest BCUT2D eigenvalue weighted by Crippen LogP contribution is -2.52. The quantitative estimate of drug-likeness (QED) is 0.478. The van der Waals surface area contributed by atoms with Gasteiger partial charge in [0.2, 0.25) is 15.9 Å². The molecule has 2 aromatic rings. The molecule has 184 valence electrons. The molecule has 3 rings (SSSR count). The lowest BCUT2D eigenvalue weighted by molar-refractivity contribution is -0.121. The topological polar surface area (TPSA) is 110 Å². The van der Waals surface area contributed by atoms with Crippen molar-refractivity contribution in [2.75, 3.05) is 45.1 Å². The van der Waals surface area contributed by atoms with Gasteiger partial charge in [-0.05, 0) is 36.4 Å². The first-order valence-corrected chi connectivity index (χ1v) is 14.1. The van der Waals surface area contributed by atoms with Gasteiger partial charge in [-0.15, -0.1) is 0 Å². The third-order valence-corrected chi connectivity index (χ3v) is 9.10. The largest absolute Gasteiger partial charge is 0.379 e. The summed E-state index contributed by atoms with van der Waals surface area (Å²) in [6.07, 6.45) is 0. The summed E-state index contributed by atoms with van der Waals surface area (Å²) in [5.74, 6) is -0.815. The number of rotatable bonds is 11. The van der Waals surface area contributed by atoms with Crippen LogP contribution in [0.3, 0.4) is 0 Å². The second kappa shape index (κ2) is 12.7. The fourth-order valence-electron chi connectivity index (χ4n) is 3.45. The summed E-state index contributed by atoms with van der Waals surface area (Å²) in [7, 11) is -4.04. The maximum Gasteiger partial charge on any atom is 0.243 e. The molecule has 0 bridgehead atoms. The van der Waals surface area contributed by atoms with Crippen molar-refractivity contribution >= 4 is 44.6 Å². The first-order chi connectivity index (χ1) is 16.3. The van der Waals surface area contributed by atoms with Crippen LogP contribution in [-0.2, 0) is 24.3 Å². The second-order valence-electron chi connectivity index (χ2n) is 7.68. The monoisotopic (exact) mass is 523 g/mol. The minimum absolute atomic E-state index is 0.0328. The highest BCUT2D eigenvalue weighted by Gasteiger charge is 2.35. The summed E-state index contributed by atoms with van der Waals surface area (Å²) < 4.78 is 33.8. The van der Waals surface area contributed by atoms with Gasteiger partial charge in [-0.25, -0.2) is 8.42 Å². The number of ether oxygens (including phenoxy) is 1. The van der Waals surface area contributed by atoms with E-state index in [4.69, 9.17) is 10.5 Å². The Labute approximate surface area is 209 Å². The number of carbonyl (C=O) groups is 2. The highest BCUT2D eigenvalue weighted by Crippen LogP contribution is 2.29. The zero-order valence-electron chi connectivity index (χ0n) is 19.0. The molecule has 0 aromatic heterocycles. The number of hydrogen-bond acceptors (Lipinski definition) is 8. The molecule has 0 saturated carbocycles. The van der Waals surface area contributed by atoms with Crippen molar-refractivity contribution in [3.63, 3.8) is 0 Å². The average molecular weight is 524 g/mol. The van der Waals surface area contributed by atoms with Crippen LogP contribution in [0.5, 0.6) is 0 Å². The number of morpholine rings is 1. The normalized spacial score (nSPS) is 15.8. The highest BCUT2D eigenvalue weighted by molar-refractivity contribution is 8.13. The van der Waals surface area contributed by atoms with Crippen LogP contribution in [-0.4, -0.2) is 79.8 Å². The number of thioether (sulfide) groups is 1. The number of nitrogens with zero attached hydrogens (tertiary/aromatic N) is 2. The first-order valence-electron chi connectivity index (χ1n) is 10.8. The predicted octanol–water partition coefficient (Wildman–Crippen LogP) is 2.29. The van der Waals surface area contributed by atoms with Crippen LogP contribution >= 0.6 is 23.5 Å². The molecule has 2 N–H and O–H groups in total. The molecule has 0 aliphatic carbocycles. The molecule has 1 heterocycles. The highest BCUT2D eigenvalue weighted by atomic mass is 32.2. The van der Waals surface area contributed by atoms with Crippen molar-refractivity contribution in [1.82, 2.24) is 9.21 Å². The number of primary amides is 1. The van der Waals surface area contributed by atoms with Crippen molar-refractivity contribution in [3.05, 3.63) is 54.6 Å². The summed E-state index contributed by atoms with van der Waals surface area (Å²) >= 11 is 2.41. The van der Waals surface area contributed by atoms with Gasteiger partial charge in [0.25, 0.3) is 0 Å². The standard InChI is InChI=1S/C23H29N3O5S3/c1-18(27)32-17-22(23(24)28)26(12-11-25-13-15-31-16-14-25)34(29,30)21-9-7-20(8-10-21)33-19-5-3-2-4-6-19/h2-10,22H,11-17H2,1H3,(H2,24,28). The molecule has 1 aliphatic heterocycles.